The first kappa shape index (κ1) is 18.0. The van der Waals surface area contributed by atoms with Gasteiger partial charge in [-0.15, -0.1) is 0 Å². The number of benzene rings is 1. The molecule has 0 bridgehead atoms. The van der Waals surface area contributed by atoms with E-state index in [4.69, 9.17) is 22.3 Å². The molecular weight excluding hydrogens is 361 g/mol. The van der Waals surface area contributed by atoms with Crippen LogP contribution in [0.2, 0.25) is 5.02 Å². The van der Waals surface area contributed by atoms with E-state index in [-0.39, 0.29) is 10.6 Å². The highest BCUT2D eigenvalue weighted by molar-refractivity contribution is 8.13. The fourth-order valence-electron chi connectivity index (χ4n) is 1.21. The Kier molecular flexibility index (Phi) is 5.46. The number of alkyl halides is 4. The maximum absolute atomic E-state index is 12.7. The van der Waals surface area contributed by atoms with Crippen molar-refractivity contribution in [3.05, 3.63) is 28.8 Å². The van der Waals surface area contributed by atoms with E-state index in [0.29, 0.717) is 0 Å². The lowest BCUT2D eigenvalue weighted by molar-refractivity contribution is -0.123. The van der Waals surface area contributed by atoms with Gasteiger partial charge in [-0.2, -0.15) is 8.78 Å². The molecule has 118 valence electrons. The molecule has 0 spiro atoms. The number of carbonyl (C=O) groups is 1. The highest BCUT2D eigenvalue weighted by atomic mass is 35.7. The summed E-state index contributed by atoms with van der Waals surface area (Å²) in [4.78, 5) is 10.9. The van der Waals surface area contributed by atoms with Gasteiger partial charge in [-0.1, -0.05) is 11.6 Å². The molecule has 11 heteroatoms. The second-order valence-electron chi connectivity index (χ2n) is 3.83. The molecule has 1 amide bonds. The second kappa shape index (κ2) is 6.37. The molecule has 0 heterocycles. The minimum atomic E-state index is -4.40. The molecular formula is C10H7Cl2F4NO3S. The first-order chi connectivity index (χ1) is 9.45. The molecule has 1 aromatic carbocycles. The van der Waals surface area contributed by atoms with Gasteiger partial charge < -0.3 is 5.32 Å². The van der Waals surface area contributed by atoms with Crippen LogP contribution in [0, 0.1) is 0 Å². The average Bonchev–Trinajstić information content (AvgIpc) is 2.35. The van der Waals surface area contributed by atoms with Gasteiger partial charge in [-0.25, -0.2) is 17.2 Å². The molecule has 0 aliphatic carbocycles. The van der Waals surface area contributed by atoms with Crippen LogP contribution in [0.25, 0.3) is 0 Å². The van der Waals surface area contributed by atoms with Crippen molar-refractivity contribution < 1.29 is 30.8 Å². The summed E-state index contributed by atoms with van der Waals surface area (Å²) in [5.41, 5.74) is -0.372. The van der Waals surface area contributed by atoms with Crippen molar-refractivity contribution in [3.63, 3.8) is 0 Å². The molecule has 0 saturated heterocycles. The zero-order valence-electron chi connectivity index (χ0n) is 9.92. The minimum Gasteiger partial charge on any atom is -0.346 e. The van der Waals surface area contributed by atoms with Gasteiger partial charge in [-0.05, 0) is 18.2 Å². The summed E-state index contributed by atoms with van der Waals surface area (Å²) in [5.74, 6) is -5.57. The first-order valence-electron chi connectivity index (χ1n) is 5.13. The summed E-state index contributed by atoms with van der Waals surface area (Å²) >= 11 is 5.56. The van der Waals surface area contributed by atoms with Crippen molar-refractivity contribution in [3.8, 4) is 0 Å². The van der Waals surface area contributed by atoms with E-state index in [9.17, 15) is 30.8 Å². The Morgan fingerprint density at radius 1 is 1.33 bits per heavy atom. The van der Waals surface area contributed by atoms with Crippen molar-refractivity contribution in [1.82, 2.24) is 5.32 Å². The van der Waals surface area contributed by atoms with Crippen molar-refractivity contribution in [2.75, 3.05) is 6.54 Å². The summed E-state index contributed by atoms with van der Waals surface area (Å²) in [6.07, 6.45) is -3.94. The number of hydrogen-bond acceptors (Lipinski definition) is 3. The third-order valence-corrected chi connectivity index (χ3v) is 4.06. The van der Waals surface area contributed by atoms with Crippen molar-refractivity contribution in [2.45, 2.75) is 17.2 Å². The third kappa shape index (κ3) is 4.72. The molecule has 1 aromatic rings. The smallest absolute Gasteiger partial charge is 0.324 e. The summed E-state index contributed by atoms with van der Waals surface area (Å²) in [7, 11) is 0.814. The summed E-state index contributed by atoms with van der Waals surface area (Å²) in [6.45, 7) is -1.60. The normalized spacial score (nSPS) is 12.5. The predicted octanol–water partition coefficient (Wildman–Crippen LogP) is 2.90. The topological polar surface area (TPSA) is 63.2 Å². The van der Waals surface area contributed by atoms with E-state index < -0.39 is 38.7 Å². The lowest BCUT2D eigenvalue weighted by Crippen LogP contribution is -2.41. The minimum absolute atomic E-state index is 0.278. The number of hydrogen-bond donors (Lipinski definition) is 1. The molecule has 0 atom stereocenters. The van der Waals surface area contributed by atoms with Crippen LogP contribution in [0.1, 0.15) is 10.4 Å². The zero-order valence-corrected chi connectivity index (χ0v) is 12.2. The van der Waals surface area contributed by atoms with Crippen LogP contribution in [-0.2, 0) is 9.05 Å². The maximum atomic E-state index is 12.7. The van der Waals surface area contributed by atoms with Crippen molar-refractivity contribution >= 4 is 37.2 Å². The van der Waals surface area contributed by atoms with Crippen molar-refractivity contribution in [1.29, 1.82) is 0 Å². The van der Waals surface area contributed by atoms with Gasteiger partial charge in [0.1, 0.15) is 4.90 Å². The Morgan fingerprint density at radius 3 is 2.38 bits per heavy atom. The van der Waals surface area contributed by atoms with E-state index >= 15 is 0 Å². The van der Waals surface area contributed by atoms with Crippen LogP contribution in [0.3, 0.4) is 0 Å². The van der Waals surface area contributed by atoms with Gasteiger partial charge in [0.15, 0.2) is 0 Å². The Labute approximate surface area is 126 Å². The van der Waals surface area contributed by atoms with Gasteiger partial charge in [-0.3, -0.25) is 4.79 Å². The predicted molar refractivity (Wildman–Crippen MR) is 67.8 cm³/mol. The monoisotopic (exact) mass is 367 g/mol. The number of carbonyl (C=O) groups excluding carboxylic acids is 1. The third-order valence-electron chi connectivity index (χ3n) is 2.26. The molecule has 0 aromatic heterocycles. The second-order valence-corrected chi connectivity index (χ2v) is 6.77. The lowest BCUT2D eigenvalue weighted by Gasteiger charge is -2.15. The first-order valence-corrected chi connectivity index (χ1v) is 7.82. The van der Waals surface area contributed by atoms with Gasteiger partial charge in [0.25, 0.3) is 15.0 Å². The van der Waals surface area contributed by atoms with Crippen LogP contribution in [0.15, 0.2) is 23.1 Å². The molecule has 0 fully saturated rings. The van der Waals surface area contributed by atoms with Crippen LogP contribution in [-0.4, -0.2) is 33.2 Å². The maximum Gasteiger partial charge on any atom is 0.324 e. The van der Waals surface area contributed by atoms with Gasteiger partial charge >= 0.3 is 12.3 Å². The Bertz CT molecular complexity index is 652. The number of rotatable bonds is 5. The molecule has 0 aliphatic rings. The van der Waals surface area contributed by atoms with E-state index in [1.54, 1.807) is 5.32 Å². The number of nitrogens with one attached hydrogen (secondary N) is 1. The Balaban J connectivity index is 2.95. The highest BCUT2D eigenvalue weighted by Crippen LogP contribution is 2.26. The van der Waals surface area contributed by atoms with Gasteiger partial charge in [0, 0.05) is 16.2 Å². The molecule has 4 nitrogen and oxygen atoms in total. The quantitative estimate of drug-likeness (QED) is 0.642. The number of amides is 1. The highest BCUT2D eigenvalue weighted by Gasteiger charge is 2.40. The summed E-state index contributed by atoms with van der Waals surface area (Å²) < 4.78 is 71.5. The summed E-state index contributed by atoms with van der Waals surface area (Å²) in [5, 5.41) is 1.29. The van der Waals surface area contributed by atoms with E-state index in [1.807, 2.05) is 0 Å². The standard InChI is InChI=1S/C10H7Cl2F4NO3S/c11-6-2-1-5(3-7(6)21(12,19)20)8(18)17-4-10(15,16)9(13)14/h1-3,9H,4H2,(H,17,18). The van der Waals surface area contributed by atoms with E-state index in [2.05, 4.69) is 0 Å². The average molecular weight is 368 g/mol. The largest absolute Gasteiger partial charge is 0.346 e. The van der Waals surface area contributed by atoms with Crippen LogP contribution < -0.4 is 5.32 Å². The molecule has 0 unspecified atom stereocenters. The van der Waals surface area contributed by atoms with E-state index in [0.717, 1.165) is 18.2 Å². The zero-order chi connectivity index (χ0) is 16.4. The molecule has 21 heavy (non-hydrogen) atoms. The van der Waals surface area contributed by atoms with Gasteiger partial charge in [0.2, 0.25) is 0 Å². The fourth-order valence-corrected chi connectivity index (χ4v) is 2.70. The molecule has 0 saturated carbocycles. The van der Waals surface area contributed by atoms with Gasteiger partial charge in [0.05, 0.1) is 11.6 Å². The van der Waals surface area contributed by atoms with Crippen LogP contribution in [0.5, 0.6) is 0 Å². The lowest BCUT2D eigenvalue weighted by atomic mass is 10.2. The Hall–Kier alpha value is -1.06. The molecule has 1 rings (SSSR count). The summed E-state index contributed by atoms with van der Waals surface area (Å²) in [6, 6.07) is 2.79. The SMILES string of the molecule is O=C(NCC(F)(F)C(F)F)c1ccc(Cl)c(S(=O)(=O)Cl)c1. The van der Waals surface area contributed by atoms with Crippen molar-refractivity contribution in [2.24, 2.45) is 0 Å². The molecule has 1 N–H and O–H groups in total. The number of halogens is 6. The molecule has 0 aliphatic heterocycles. The molecule has 0 radical (unpaired) electrons. The van der Waals surface area contributed by atoms with Crippen LogP contribution in [0.4, 0.5) is 17.6 Å². The fraction of sp³-hybridized carbons (Fsp3) is 0.300. The Morgan fingerprint density at radius 2 is 1.90 bits per heavy atom. The van der Waals surface area contributed by atoms with Crippen LogP contribution >= 0.6 is 22.3 Å². The van der Waals surface area contributed by atoms with E-state index in [1.165, 1.54) is 0 Å².